The molecule has 0 aromatic heterocycles. The molecule has 0 spiro atoms. The van der Waals surface area contributed by atoms with E-state index in [4.69, 9.17) is 18.5 Å². The molecule has 1 rings (SSSR count). The summed E-state index contributed by atoms with van der Waals surface area (Å²) < 4.78 is 32.4. The fraction of sp³-hybridized carbons (Fsp3) is 0.800. The summed E-state index contributed by atoms with van der Waals surface area (Å²) >= 11 is 0. The van der Waals surface area contributed by atoms with Gasteiger partial charge in [-0.05, 0) is 38.5 Å². The van der Waals surface area contributed by atoms with Gasteiger partial charge in [0, 0.05) is 12.8 Å². The minimum atomic E-state index is -5.08. The van der Waals surface area contributed by atoms with Crippen LogP contribution in [0, 0.1) is 0 Å². The zero-order valence-electron chi connectivity index (χ0n) is 25.9. The maximum atomic E-state index is 12.5. The quantitative estimate of drug-likeness (QED) is 0.0406. The average molecular weight is 653 g/mol. The van der Waals surface area contributed by atoms with Gasteiger partial charge in [-0.3, -0.25) is 18.6 Å². The van der Waals surface area contributed by atoms with E-state index in [2.05, 4.69) is 31.2 Å². The Bertz CT molecular complexity index is 895. The molecule has 1 aliphatic rings. The first-order chi connectivity index (χ1) is 20.9. The normalized spacial score (nSPS) is 26.1. The van der Waals surface area contributed by atoms with Crippen LogP contribution >= 0.6 is 7.82 Å². The molecule has 6 N–H and O–H groups in total. The van der Waals surface area contributed by atoms with Crippen LogP contribution in [0.1, 0.15) is 97.3 Å². The molecule has 0 amide bonds. The molecule has 256 valence electrons. The van der Waals surface area contributed by atoms with Crippen LogP contribution in [0.15, 0.2) is 24.3 Å². The molecule has 0 aromatic rings. The maximum Gasteiger partial charge on any atom is 0.472 e. The highest BCUT2D eigenvalue weighted by Crippen LogP contribution is 2.47. The molecule has 0 bridgehead atoms. The van der Waals surface area contributed by atoms with Crippen molar-refractivity contribution in [3.63, 3.8) is 0 Å². The Balaban J connectivity index is 2.42. The monoisotopic (exact) mass is 652 g/mol. The highest BCUT2D eigenvalue weighted by Gasteiger charge is 2.51. The van der Waals surface area contributed by atoms with Crippen molar-refractivity contribution in [2.75, 3.05) is 13.2 Å². The second-order valence-corrected chi connectivity index (χ2v) is 12.3. The summed E-state index contributed by atoms with van der Waals surface area (Å²) in [4.78, 5) is 34.1. The lowest BCUT2D eigenvalue weighted by atomic mass is 9.85. The minimum Gasteiger partial charge on any atom is -0.462 e. The van der Waals surface area contributed by atoms with Crippen molar-refractivity contribution >= 4 is 19.8 Å². The number of hydrogen-bond donors (Lipinski definition) is 6. The molecule has 0 saturated heterocycles. The number of phosphoric ester groups is 1. The molecular formula is C30H53O13P. The molecule has 44 heavy (non-hydrogen) atoms. The van der Waals surface area contributed by atoms with Crippen LogP contribution in [0.2, 0.25) is 0 Å². The number of rotatable bonds is 23. The Labute approximate surface area is 260 Å². The molecule has 1 saturated carbocycles. The van der Waals surface area contributed by atoms with Crippen molar-refractivity contribution in [3.05, 3.63) is 24.3 Å². The van der Waals surface area contributed by atoms with Gasteiger partial charge in [0.1, 0.15) is 43.2 Å². The molecule has 0 aromatic carbocycles. The fourth-order valence-electron chi connectivity index (χ4n) is 4.41. The van der Waals surface area contributed by atoms with Crippen molar-refractivity contribution in [2.45, 2.75) is 140 Å². The highest BCUT2D eigenvalue weighted by molar-refractivity contribution is 7.47. The first-order valence-electron chi connectivity index (χ1n) is 15.6. The minimum absolute atomic E-state index is 0.0447. The summed E-state index contributed by atoms with van der Waals surface area (Å²) in [5, 5.41) is 49.3. The van der Waals surface area contributed by atoms with Gasteiger partial charge in [-0.2, -0.15) is 0 Å². The summed E-state index contributed by atoms with van der Waals surface area (Å²) in [6.07, 6.45) is 6.97. The first-order valence-corrected chi connectivity index (χ1v) is 17.1. The van der Waals surface area contributed by atoms with Gasteiger partial charge in [0.15, 0.2) is 6.10 Å². The number of unbranched alkanes of at least 4 members (excludes halogenated alkanes) is 8. The lowest BCUT2D eigenvalue weighted by Gasteiger charge is -2.41. The predicted octanol–water partition coefficient (Wildman–Crippen LogP) is 2.99. The number of carbonyl (C=O) groups excluding carboxylic acids is 2. The van der Waals surface area contributed by atoms with Gasteiger partial charge in [-0.1, -0.05) is 70.3 Å². The van der Waals surface area contributed by atoms with E-state index in [1.807, 2.05) is 0 Å². The van der Waals surface area contributed by atoms with Gasteiger partial charge >= 0.3 is 19.8 Å². The van der Waals surface area contributed by atoms with E-state index in [0.717, 1.165) is 44.9 Å². The van der Waals surface area contributed by atoms with Crippen molar-refractivity contribution < 1.29 is 63.1 Å². The van der Waals surface area contributed by atoms with E-state index in [9.17, 15) is 44.6 Å². The first kappa shape index (κ1) is 40.4. The average Bonchev–Trinajstić information content (AvgIpc) is 3.00. The number of aliphatic hydroxyl groups is 5. The summed E-state index contributed by atoms with van der Waals surface area (Å²) in [6.45, 7) is 2.55. The van der Waals surface area contributed by atoms with Crippen molar-refractivity contribution in [3.8, 4) is 0 Å². The molecule has 13 nitrogen and oxygen atoms in total. The molecule has 1 fully saturated rings. The topological polar surface area (TPSA) is 210 Å². The van der Waals surface area contributed by atoms with E-state index < -0.39 is 75.7 Å². The van der Waals surface area contributed by atoms with Crippen LogP contribution in [0.25, 0.3) is 0 Å². The van der Waals surface area contributed by atoms with Gasteiger partial charge in [0.2, 0.25) is 0 Å². The van der Waals surface area contributed by atoms with Crippen LogP contribution in [0.5, 0.6) is 0 Å². The zero-order chi connectivity index (χ0) is 33.0. The molecule has 14 heteroatoms. The molecule has 6 atom stereocenters. The number of ether oxygens (including phenoxy) is 2. The summed E-state index contributed by atoms with van der Waals surface area (Å²) in [6, 6.07) is 0. The number of allylic oxidation sites excluding steroid dienone is 4. The second kappa shape index (κ2) is 22.8. The van der Waals surface area contributed by atoms with Crippen LogP contribution in [0.3, 0.4) is 0 Å². The van der Waals surface area contributed by atoms with Crippen LogP contribution < -0.4 is 0 Å². The number of aliphatic hydroxyl groups excluding tert-OH is 5. The number of hydrogen-bond acceptors (Lipinski definition) is 12. The third kappa shape index (κ3) is 16.6. The van der Waals surface area contributed by atoms with E-state index in [-0.39, 0.29) is 12.8 Å². The maximum absolute atomic E-state index is 12.5. The molecular weight excluding hydrogens is 599 g/mol. The van der Waals surface area contributed by atoms with Crippen LogP contribution in [-0.4, -0.2) is 98.3 Å². The summed E-state index contributed by atoms with van der Waals surface area (Å²) in [5.74, 6) is -1.22. The van der Waals surface area contributed by atoms with E-state index in [1.165, 1.54) is 19.3 Å². The molecule has 0 heterocycles. The lowest BCUT2D eigenvalue weighted by Crippen LogP contribution is -2.64. The van der Waals surface area contributed by atoms with Crippen molar-refractivity contribution in [1.29, 1.82) is 0 Å². The Hall–Kier alpha value is -1.67. The second-order valence-electron chi connectivity index (χ2n) is 10.9. The standard InChI is InChI=1S/C30H53O13P/c1-3-5-6-7-8-9-10-11-12-13-14-15-16-17-18-19-24(32)42-22(20-40-23(31)4-2)21-41-44(38,39)43-30-28(36)26(34)25(33)27(35)29(30)37/h8-9,11-12,22,25-30,33-37H,3-7,10,13-21H2,1-2H3,(H,38,39)/b9-8-,12-11-. The van der Waals surface area contributed by atoms with Gasteiger partial charge in [0.25, 0.3) is 0 Å². The zero-order valence-corrected chi connectivity index (χ0v) is 26.8. The molecule has 6 unspecified atom stereocenters. The van der Waals surface area contributed by atoms with Crippen molar-refractivity contribution in [1.82, 2.24) is 0 Å². The van der Waals surface area contributed by atoms with Crippen LogP contribution in [-0.2, 0) is 32.7 Å². The summed E-state index contributed by atoms with van der Waals surface area (Å²) in [7, 11) is -5.08. The predicted molar refractivity (Wildman–Crippen MR) is 161 cm³/mol. The molecule has 0 radical (unpaired) electrons. The largest absolute Gasteiger partial charge is 0.472 e. The highest BCUT2D eigenvalue weighted by atomic mass is 31.2. The Morgan fingerprint density at radius 3 is 1.86 bits per heavy atom. The van der Waals surface area contributed by atoms with E-state index in [1.54, 1.807) is 6.92 Å². The van der Waals surface area contributed by atoms with Gasteiger partial charge in [0.05, 0.1) is 6.61 Å². The SMILES string of the molecule is CCCCC/C=C\C/C=C\CCCCCCCC(=O)OC(COC(=O)CC)COP(=O)(O)OC1C(O)C(O)C(O)C(O)C1O. The molecule has 1 aliphatic carbocycles. The lowest BCUT2D eigenvalue weighted by molar-refractivity contribution is -0.220. The third-order valence-corrected chi connectivity index (χ3v) is 8.09. The van der Waals surface area contributed by atoms with Gasteiger partial charge < -0.3 is 39.9 Å². The number of esters is 2. The van der Waals surface area contributed by atoms with E-state index in [0.29, 0.717) is 6.42 Å². The Kier molecular flexibility index (Phi) is 20.9. The molecule has 0 aliphatic heterocycles. The Morgan fingerprint density at radius 1 is 0.727 bits per heavy atom. The summed E-state index contributed by atoms with van der Waals surface area (Å²) in [5.41, 5.74) is 0. The van der Waals surface area contributed by atoms with Crippen molar-refractivity contribution in [2.24, 2.45) is 0 Å². The number of phosphoric acid groups is 1. The van der Waals surface area contributed by atoms with Gasteiger partial charge in [-0.25, -0.2) is 4.57 Å². The number of carbonyl (C=O) groups is 2. The van der Waals surface area contributed by atoms with Gasteiger partial charge in [-0.15, -0.1) is 0 Å². The van der Waals surface area contributed by atoms with E-state index >= 15 is 0 Å². The fourth-order valence-corrected chi connectivity index (χ4v) is 5.39. The van der Waals surface area contributed by atoms with Crippen LogP contribution in [0.4, 0.5) is 0 Å². The smallest absolute Gasteiger partial charge is 0.462 e. The Morgan fingerprint density at radius 2 is 1.27 bits per heavy atom. The third-order valence-electron chi connectivity index (χ3n) is 7.10.